The van der Waals surface area contributed by atoms with E-state index in [0.29, 0.717) is 5.13 Å². The van der Waals surface area contributed by atoms with Crippen LogP contribution >= 0.6 is 11.3 Å². The molecule has 116 valence electrons. The Morgan fingerprint density at radius 1 is 1.04 bits per heavy atom. The molecule has 0 aliphatic rings. The molecule has 0 saturated heterocycles. The summed E-state index contributed by atoms with van der Waals surface area (Å²) in [4.78, 5) is 25.9. The Morgan fingerprint density at radius 3 is 2.43 bits per heavy atom. The van der Waals surface area contributed by atoms with Crippen LogP contribution in [-0.2, 0) is 0 Å². The first-order chi connectivity index (χ1) is 11.0. The van der Waals surface area contributed by atoms with E-state index in [9.17, 15) is 4.79 Å². The van der Waals surface area contributed by atoms with Crippen LogP contribution in [0.25, 0.3) is 11.3 Å². The molecular formula is C17H16N4OS. The van der Waals surface area contributed by atoms with E-state index >= 15 is 0 Å². The number of nitrogens with zero attached hydrogens (tertiary/aromatic N) is 3. The van der Waals surface area contributed by atoms with Crippen molar-refractivity contribution in [2.45, 2.75) is 20.8 Å². The largest absolute Gasteiger partial charge is 0.296 e. The second kappa shape index (κ2) is 6.26. The van der Waals surface area contributed by atoms with Crippen molar-refractivity contribution in [3.63, 3.8) is 0 Å². The molecule has 6 heteroatoms. The van der Waals surface area contributed by atoms with Gasteiger partial charge in [0.05, 0.1) is 17.6 Å². The molecule has 0 aliphatic carbocycles. The average Bonchev–Trinajstić information content (AvgIpc) is 2.89. The Bertz CT molecular complexity index is 838. The maximum absolute atomic E-state index is 12.2. The summed E-state index contributed by atoms with van der Waals surface area (Å²) in [6.45, 7) is 5.87. The predicted molar refractivity (Wildman–Crippen MR) is 91.7 cm³/mol. The molecule has 0 atom stereocenters. The summed E-state index contributed by atoms with van der Waals surface area (Å²) < 4.78 is 0. The number of thiazole rings is 1. The second-order valence-electron chi connectivity index (χ2n) is 5.29. The zero-order valence-electron chi connectivity index (χ0n) is 13.1. The van der Waals surface area contributed by atoms with Crippen LogP contribution in [0.1, 0.15) is 26.6 Å². The van der Waals surface area contributed by atoms with Crippen molar-refractivity contribution in [2.75, 3.05) is 5.32 Å². The van der Waals surface area contributed by atoms with Gasteiger partial charge in [-0.2, -0.15) is 0 Å². The van der Waals surface area contributed by atoms with E-state index in [-0.39, 0.29) is 11.6 Å². The van der Waals surface area contributed by atoms with Crippen molar-refractivity contribution in [1.82, 2.24) is 15.0 Å². The first-order valence-electron chi connectivity index (χ1n) is 7.17. The maximum Gasteiger partial charge on any atom is 0.277 e. The van der Waals surface area contributed by atoms with Gasteiger partial charge < -0.3 is 0 Å². The standard InChI is InChI=1S/C17H16N4OS/c1-10-4-6-13(7-5-10)15-12(3)23-17(20-15)21-16(22)14-9-18-11(2)8-19-14/h4-9H,1-3H3,(H,20,21,22). The van der Waals surface area contributed by atoms with Gasteiger partial charge in [0.1, 0.15) is 5.69 Å². The Kier molecular flexibility index (Phi) is 4.16. The van der Waals surface area contributed by atoms with E-state index in [4.69, 9.17) is 0 Å². The Morgan fingerprint density at radius 2 is 1.78 bits per heavy atom. The van der Waals surface area contributed by atoms with Gasteiger partial charge in [0.15, 0.2) is 5.13 Å². The van der Waals surface area contributed by atoms with E-state index < -0.39 is 0 Å². The highest BCUT2D eigenvalue weighted by Gasteiger charge is 2.14. The molecular weight excluding hydrogens is 308 g/mol. The molecule has 3 rings (SSSR count). The smallest absolute Gasteiger partial charge is 0.277 e. The van der Waals surface area contributed by atoms with E-state index in [1.165, 1.54) is 23.1 Å². The van der Waals surface area contributed by atoms with Crippen LogP contribution in [0.3, 0.4) is 0 Å². The maximum atomic E-state index is 12.2. The molecule has 23 heavy (non-hydrogen) atoms. The van der Waals surface area contributed by atoms with Gasteiger partial charge >= 0.3 is 0 Å². The van der Waals surface area contributed by atoms with Crippen LogP contribution in [0.4, 0.5) is 5.13 Å². The zero-order valence-corrected chi connectivity index (χ0v) is 13.9. The second-order valence-corrected chi connectivity index (χ2v) is 6.49. The number of aromatic nitrogens is 3. The van der Waals surface area contributed by atoms with E-state index in [1.807, 2.05) is 45.0 Å². The van der Waals surface area contributed by atoms with E-state index in [1.54, 1.807) is 6.20 Å². The third kappa shape index (κ3) is 3.43. The molecule has 2 heterocycles. The molecule has 0 spiro atoms. The SMILES string of the molecule is Cc1ccc(-c2nc(NC(=O)c3cnc(C)cn3)sc2C)cc1. The fourth-order valence-electron chi connectivity index (χ4n) is 2.10. The average molecular weight is 324 g/mol. The van der Waals surface area contributed by atoms with Crippen LogP contribution < -0.4 is 5.32 Å². The Balaban J connectivity index is 1.82. The van der Waals surface area contributed by atoms with Gasteiger partial charge in [-0.15, -0.1) is 11.3 Å². The van der Waals surface area contributed by atoms with Crippen molar-refractivity contribution in [3.05, 3.63) is 58.5 Å². The summed E-state index contributed by atoms with van der Waals surface area (Å²) in [5.41, 5.74) is 4.18. The molecule has 0 radical (unpaired) electrons. The van der Waals surface area contributed by atoms with Gasteiger partial charge in [0.2, 0.25) is 0 Å². The topological polar surface area (TPSA) is 67.8 Å². The summed E-state index contributed by atoms with van der Waals surface area (Å²) in [7, 11) is 0. The van der Waals surface area contributed by atoms with Gasteiger partial charge in [-0.1, -0.05) is 29.8 Å². The minimum atomic E-state index is -0.304. The Hall–Kier alpha value is -2.60. The minimum Gasteiger partial charge on any atom is -0.296 e. The summed E-state index contributed by atoms with van der Waals surface area (Å²) in [5, 5.41) is 3.35. The Labute approximate surface area is 138 Å². The van der Waals surface area contributed by atoms with Crippen LogP contribution in [0.15, 0.2) is 36.7 Å². The van der Waals surface area contributed by atoms with Gasteiger partial charge in [0, 0.05) is 16.6 Å². The number of hydrogen-bond acceptors (Lipinski definition) is 5. The molecule has 1 N–H and O–H groups in total. The van der Waals surface area contributed by atoms with Crippen LogP contribution in [0.2, 0.25) is 0 Å². The summed E-state index contributed by atoms with van der Waals surface area (Å²) in [5.74, 6) is -0.304. The third-order valence-corrected chi connectivity index (χ3v) is 4.24. The summed E-state index contributed by atoms with van der Waals surface area (Å²) in [6, 6.07) is 8.17. The number of hydrogen-bond donors (Lipinski definition) is 1. The number of carbonyl (C=O) groups excluding carboxylic acids is 1. The highest BCUT2D eigenvalue weighted by Crippen LogP contribution is 2.30. The van der Waals surface area contributed by atoms with Crippen molar-refractivity contribution in [1.29, 1.82) is 0 Å². The van der Waals surface area contributed by atoms with Crippen molar-refractivity contribution in [2.24, 2.45) is 0 Å². The molecule has 0 saturated carbocycles. The minimum absolute atomic E-state index is 0.278. The summed E-state index contributed by atoms with van der Waals surface area (Å²) >= 11 is 1.45. The van der Waals surface area contributed by atoms with Crippen LogP contribution in [0, 0.1) is 20.8 Å². The third-order valence-electron chi connectivity index (χ3n) is 3.36. The number of aryl methyl sites for hydroxylation is 3. The molecule has 3 aromatic rings. The van der Waals surface area contributed by atoms with Gasteiger partial charge in [-0.25, -0.2) is 9.97 Å². The fourth-order valence-corrected chi connectivity index (χ4v) is 2.93. The molecule has 0 bridgehead atoms. The normalized spacial score (nSPS) is 10.6. The van der Waals surface area contributed by atoms with E-state index in [0.717, 1.165) is 21.8 Å². The summed E-state index contributed by atoms with van der Waals surface area (Å²) in [6.07, 6.45) is 3.03. The van der Waals surface area contributed by atoms with Crippen molar-refractivity contribution in [3.8, 4) is 11.3 Å². The number of carbonyl (C=O) groups is 1. The van der Waals surface area contributed by atoms with Crippen LogP contribution in [-0.4, -0.2) is 20.9 Å². The monoisotopic (exact) mass is 324 g/mol. The van der Waals surface area contributed by atoms with E-state index in [2.05, 4.69) is 20.3 Å². The molecule has 0 unspecified atom stereocenters. The lowest BCUT2D eigenvalue weighted by molar-refractivity contribution is 0.102. The molecule has 0 aliphatic heterocycles. The highest BCUT2D eigenvalue weighted by molar-refractivity contribution is 7.16. The fraction of sp³-hybridized carbons (Fsp3) is 0.176. The lowest BCUT2D eigenvalue weighted by Gasteiger charge is -2.01. The molecule has 0 fully saturated rings. The van der Waals surface area contributed by atoms with Gasteiger partial charge in [0.25, 0.3) is 5.91 Å². The predicted octanol–water partition coefficient (Wildman–Crippen LogP) is 3.78. The molecule has 5 nitrogen and oxygen atoms in total. The first-order valence-corrected chi connectivity index (χ1v) is 7.99. The number of amides is 1. The number of nitrogens with one attached hydrogen (secondary N) is 1. The highest BCUT2D eigenvalue weighted by atomic mass is 32.1. The molecule has 1 aromatic carbocycles. The van der Waals surface area contributed by atoms with Crippen molar-refractivity contribution >= 4 is 22.4 Å². The molecule has 1 amide bonds. The first kappa shape index (κ1) is 15.3. The lowest BCUT2D eigenvalue weighted by atomic mass is 10.1. The van der Waals surface area contributed by atoms with Gasteiger partial charge in [-0.3, -0.25) is 15.1 Å². The number of benzene rings is 1. The van der Waals surface area contributed by atoms with Crippen LogP contribution in [0.5, 0.6) is 0 Å². The number of anilines is 1. The zero-order chi connectivity index (χ0) is 16.4. The van der Waals surface area contributed by atoms with Gasteiger partial charge in [-0.05, 0) is 20.8 Å². The molecule has 2 aromatic heterocycles. The quantitative estimate of drug-likeness (QED) is 0.796. The lowest BCUT2D eigenvalue weighted by Crippen LogP contribution is -2.13. The number of rotatable bonds is 3. The van der Waals surface area contributed by atoms with Crippen molar-refractivity contribution < 1.29 is 4.79 Å².